The first-order valence-electron chi connectivity index (χ1n) is 6.69. The number of nitrogens with zero attached hydrogens (tertiary/aromatic N) is 1. The number of nitrogens with one attached hydrogen (secondary N) is 1. The lowest BCUT2D eigenvalue weighted by molar-refractivity contribution is -0.123. The molecule has 1 aliphatic heterocycles. The molecule has 1 aromatic heterocycles. The number of amides is 3. The van der Waals surface area contributed by atoms with E-state index in [1.54, 1.807) is 24.3 Å². The third-order valence-corrected chi connectivity index (χ3v) is 4.24. The molecule has 0 radical (unpaired) electrons. The van der Waals surface area contributed by atoms with E-state index >= 15 is 0 Å². The predicted octanol–water partition coefficient (Wildman–Crippen LogP) is 3.29. The number of carbonyl (C=O) groups excluding carboxylic acids is 2. The van der Waals surface area contributed by atoms with Gasteiger partial charge in [0, 0.05) is 15.3 Å². The molecule has 1 aliphatic rings. The Morgan fingerprint density at radius 1 is 1.23 bits per heavy atom. The summed E-state index contributed by atoms with van der Waals surface area (Å²) in [6, 6.07) is 9.38. The van der Waals surface area contributed by atoms with Crippen molar-refractivity contribution in [1.82, 2.24) is 10.2 Å². The Hall–Kier alpha value is -2.47. The standard InChI is InChI=1S/C16H13FN2O2S/c1-10-6-7-12(22-10)8-14-15(20)19(16(21)18-14)9-11-4-2-3-5-13(11)17/h2-8H,9H2,1H3,(H,18,21). The lowest BCUT2D eigenvalue weighted by Crippen LogP contribution is -2.30. The van der Waals surface area contributed by atoms with Crippen LogP contribution in [0.1, 0.15) is 15.3 Å². The number of imide groups is 1. The first kappa shape index (κ1) is 14.5. The van der Waals surface area contributed by atoms with E-state index < -0.39 is 17.8 Å². The van der Waals surface area contributed by atoms with Crippen molar-refractivity contribution in [2.75, 3.05) is 0 Å². The molecule has 0 atom stereocenters. The van der Waals surface area contributed by atoms with Crippen molar-refractivity contribution in [2.45, 2.75) is 13.5 Å². The molecular weight excluding hydrogens is 303 g/mol. The molecule has 1 fully saturated rings. The van der Waals surface area contributed by atoms with Gasteiger partial charge in [-0.2, -0.15) is 0 Å². The van der Waals surface area contributed by atoms with E-state index in [2.05, 4.69) is 5.32 Å². The predicted molar refractivity (Wildman–Crippen MR) is 82.5 cm³/mol. The summed E-state index contributed by atoms with van der Waals surface area (Å²) in [6.45, 7) is 1.88. The number of benzene rings is 1. The van der Waals surface area contributed by atoms with Gasteiger partial charge in [0.05, 0.1) is 6.54 Å². The van der Waals surface area contributed by atoms with E-state index in [4.69, 9.17) is 0 Å². The second kappa shape index (κ2) is 5.73. The lowest BCUT2D eigenvalue weighted by atomic mass is 10.2. The summed E-state index contributed by atoms with van der Waals surface area (Å²) in [4.78, 5) is 27.2. The minimum atomic E-state index is -0.534. The fourth-order valence-electron chi connectivity index (χ4n) is 2.19. The number of halogens is 1. The molecule has 1 N–H and O–H groups in total. The van der Waals surface area contributed by atoms with E-state index in [1.807, 2.05) is 19.1 Å². The number of urea groups is 1. The highest BCUT2D eigenvalue weighted by Gasteiger charge is 2.34. The molecule has 0 unspecified atom stereocenters. The van der Waals surface area contributed by atoms with Crippen molar-refractivity contribution < 1.29 is 14.0 Å². The molecule has 4 nitrogen and oxygen atoms in total. The van der Waals surface area contributed by atoms with E-state index in [9.17, 15) is 14.0 Å². The van der Waals surface area contributed by atoms with Crippen molar-refractivity contribution in [3.63, 3.8) is 0 Å². The second-order valence-corrected chi connectivity index (χ2v) is 6.24. The molecule has 2 heterocycles. The van der Waals surface area contributed by atoms with Crippen LogP contribution in [-0.4, -0.2) is 16.8 Å². The van der Waals surface area contributed by atoms with Gasteiger partial charge in [-0.25, -0.2) is 9.18 Å². The summed E-state index contributed by atoms with van der Waals surface area (Å²) in [7, 11) is 0. The van der Waals surface area contributed by atoms with Crippen LogP contribution in [0.25, 0.3) is 6.08 Å². The van der Waals surface area contributed by atoms with Crippen molar-refractivity contribution in [3.8, 4) is 0 Å². The highest BCUT2D eigenvalue weighted by atomic mass is 32.1. The van der Waals surface area contributed by atoms with Crippen molar-refractivity contribution in [1.29, 1.82) is 0 Å². The Bertz CT molecular complexity index is 782. The molecule has 2 aromatic rings. The third kappa shape index (κ3) is 2.78. The fraction of sp³-hybridized carbons (Fsp3) is 0.125. The molecule has 3 rings (SSSR count). The van der Waals surface area contributed by atoms with Crippen LogP contribution in [0.3, 0.4) is 0 Å². The average Bonchev–Trinajstić information content (AvgIpc) is 3.00. The van der Waals surface area contributed by atoms with Gasteiger partial charge in [0.2, 0.25) is 0 Å². The summed E-state index contributed by atoms with van der Waals surface area (Å²) >= 11 is 1.53. The van der Waals surface area contributed by atoms with Gasteiger partial charge in [0.15, 0.2) is 0 Å². The van der Waals surface area contributed by atoms with Gasteiger partial charge in [-0.05, 0) is 31.2 Å². The summed E-state index contributed by atoms with van der Waals surface area (Å²) in [5.41, 5.74) is 0.516. The molecule has 1 aromatic carbocycles. The smallest absolute Gasteiger partial charge is 0.303 e. The van der Waals surface area contributed by atoms with Crippen molar-refractivity contribution >= 4 is 29.4 Å². The first-order valence-corrected chi connectivity index (χ1v) is 7.50. The monoisotopic (exact) mass is 316 g/mol. The number of aryl methyl sites for hydroxylation is 1. The highest BCUT2D eigenvalue weighted by Crippen LogP contribution is 2.21. The van der Waals surface area contributed by atoms with E-state index in [0.717, 1.165) is 14.7 Å². The van der Waals surface area contributed by atoms with Gasteiger partial charge in [-0.15, -0.1) is 11.3 Å². The number of thiophene rings is 1. The maximum atomic E-state index is 13.7. The molecule has 112 valence electrons. The SMILES string of the molecule is Cc1ccc(C=C2NC(=O)N(Cc3ccccc3F)C2=O)s1. The van der Waals surface area contributed by atoms with Crippen LogP contribution in [0.15, 0.2) is 42.1 Å². The molecule has 22 heavy (non-hydrogen) atoms. The molecular formula is C16H13FN2O2S. The Kier molecular flexibility index (Phi) is 3.77. The largest absolute Gasteiger partial charge is 0.329 e. The first-order chi connectivity index (χ1) is 10.5. The fourth-order valence-corrected chi connectivity index (χ4v) is 3.01. The minimum Gasteiger partial charge on any atom is -0.303 e. The van der Waals surface area contributed by atoms with E-state index in [1.165, 1.54) is 17.4 Å². The second-order valence-electron chi connectivity index (χ2n) is 4.92. The van der Waals surface area contributed by atoms with E-state index in [-0.39, 0.29) is 12.2 Å². The van der Waals surface area contributed by atoms with Gasteiger partial charge in [0.1, 0.15) is 11.5 Å². The number of carbonyl (C=O) groups is 2. The zero-order valence-corrected chi connectivity index (χ0v) is 12.6. The van der Waals surface area contributed by atoms with Crippen LogP contribution in [0.2, 0.25) is 0 Å². The normalized spacial score (nSPS) is 16.5. The van der Waals surface area contributed by atoms with Crippen LogP contribution in [0, 0.1) is 12.7 Å². The van der Waals surface area contributed by atoms with Crippen LogP contribution >= 0.6 is 11.3 Å². The highest BCUT2D eigenvalue weighted by molar-refractivity contribution is 7.12. The van der Waals surface area contributed by atoms with Gasteiger partial charge in [-0.1, -0.05) is 18.2 Å². The minimum absolute atomic E-state index is 0.0852. The summed E-state index contributed by atoms with van der Waals surface area (Å²) in [6.07, 6.45) is 1.64. The van der Waals surface area contributed by atoms with Crippen LogP contribution in [-0.2, 0) is 11.3 Å². The summed E-state index contributed by atoms with van der Waals surface area (Å²) < 4.78 is 13.7. The molecule has 0 bridgehead atoms. The molecule has 6 heteroatoms. The van der Waals surface area contributed by atoms with Crippen molar-refractivity contribution in [2.24, 2.45) is 0 Å². The quantitative estimate of drug-likeness (QED) is 0.698. The molecule has 0 spiro atoms. The van der Waals surface area contributed by atoms with Crippen molar-refractivity contribution in [3.05, 3.63) is 63.2 Å². The topological polar surface area (TPSA) is 49.4 Å². The zero-order chi connectivity index (χ0) is 15.7. The third-order valence-electron chi connectivity index (χ3n) is 3.30. The Labute approximate surface area is 130 Å². The van der Waals surface area contributed by atoms with E-state index in [0.29, 0.717) is 5.56 Å². The molecule has 0 saturated carbocycles. The van der Waals surface area contributed by atoms with Gasteiger partial charge < -0.3 is 5.32 Å². The van der Waals surface area contributed by atoms with Gasteiger partial charge in [0.25, 0.3) is 5.91 Å². The number of hydrogen-bond acceptors (Lipinski definition) is 3. The Morgan fingerprint density at radius 3 is 2.68 bits per heavy atom. The number of hydrogen-bond donors (Lipinski definition) is 1. The zero-order valence-electron chi connectivity index (χ0n) is 11.8. The van der Waals surface area contributed by atoms with Crippen LogP contribution in [0.4, 0.5) is 9.18 Å². The maximum absolute atomic E-state index is 13.7. The summed E-state index contributed by atoms with van der Waals surface area (Å²) in [5.74, 6) is -0.881. The lowest BCUT2D eigenvalue weighted by Gasteiger charge is -2.12. The van der Waals surface area contributed by atoms with Gasteiger partial charge >= 0.3 is 6.03 Å². The van der Waals surface area contributed by atoms with Gasteiger partial charge in [-0.3, -0.25) is 9.69 Å². The Morgan fingerprint density at radius 2 is 2.00 bits per heavy atom. The Balaban J connectivity index is 1.83. The number of rotatable bonds is 3. The summed E-state index contributed by atoms with van der Waals surface area (Å²) in [5, 5.41) is 2.53. The van der Waals surface area contributed by atoms with Crippen LogP contribution in [0.5, 0.6) is 0 Å². The van der Waals surface area contributed by atoms with Crippen LogP contribution < -0.4 is 5.32 Å². The molecule has 0 aliphatic carbocycles. The maximum Gasteiger partial charge on any atom is 0.329 e. The molecule has 3 amide bonds. The molecule has 1 saturated heterocycles. The average molecular weight is 316 g/mol.